The molecule has 0 aromatic heterocycles. The van der Waals surface area contributed by atoms with E-state index in [-0.39, 0.29) is 10.8 Å². The molecular weight excluding hydrogens is 263 g/mol. The van der Waals surface area contributed by atoms with Gasteiger partial charge < -0.3 is 10.2 Å². The summed E-state index contributed by atoms with van der Waals surface area (Å²) in [6.07, 6.45) is 1.07. The number of rotatable bonds is 6. The monoisotopic (exact) mass is 284 g/mol. The van der Waals surface area contributed by atoms with E-state index in [9.17, 15) is 9.18 Å². The van der Waals surface area contributed by atoms with Gasteiger partial charge in [0.15, 0.2) is 0 Å². The lowest BCUT2D eigenvalue weighted by Crippen LogP contribution is -2.37. The van der Waals surface area contributed by atoms with Gasteiger partial charge >= 0.3 is 0 Å². The summed E-state index contributed by atoms with van der Waals surface area (Å²) in [4.78, 5) is 14.2. The molecule has 0 radical (unpaired) electrons. The molecule has 1 aromatic carbocycles. The van der Waals surface area contributed by atoms with Gasteiger partial charge in [0, 0.05) is 29.6 Å². The summed E-state index contributed by atoms with van der Waals surface area (Å²) in [5, 5.41) is 2.82. The van der Waals surface area contributed by atoms with Gasteiger partial charge in [0.25, 0.3) is 5.91 Å². The third kappa shape index (κ3) is 4.84. The summed E-state index contributed by atoms with van der Waals surface area (Å²) < 4.78 is 13.0. The highest BCUT2D eigenvalue weighted by molar-refractivity contribution is 7.80. The van der Waals surface area contributed by atoms with E-state index in [0.29, 0.717) is 18.2 Å². The molecule has 0 aliphatic carbocycles. The molecule has 1 amide bonds. The highest BCUT2D eigenvalue weighted by Crippen LogP contribution is 2.14. The van der Waals surface area contributed by atoms with E-state index in [4.69, 9.17) is 0 Å². The van der Waals surface area contributed by atoms with Crippen molar-refractivity contribution in [3.05, 3.63) is 29.6 Å². The van der Waals surface area contributed by atoms with Crippen molar-refractivity contribution < 1.29 is 9.18 Å². The molecule has 0 spiro atoms. The van der Waals surface area contributed by atoms with Crippen molar-refractivity contribution in [2.45, 2.75) is 31.2 Å². The SMILES string of the molecule is CCC(C)N(C)CCNC(=O)c1ccc(F)c(S)c1. The fraction of sp³-hybridized carbons (Fsp3) is 0.500. The Morgan fingerprint density at radius 2 is 2.21 bits per heavy atom. The van der Waals surface area contributed by atoms with E-state index >= 15 is 0 Å². The lowest BCUT2D eigenvalue weighted by Gasteiger charge is -2.23. The van der Waals surface area contributed by atoms with E-state index in [1.165, 1.54) is 18.2 Å². The average molecular weight is 284 g/mol. The molecule has 19 heavy (non-hydrogen) atoms. The molecule has 0 saturated carbocycles. The smallest absolute Gasteiger partial charge is 0.251 e. The summed E-state index contributed by atoms with van der Waals surface area (Å²) in [6.45, 7) is 5.64. The Morgan fingerprint density at radius 1 is 1.53 bits per heavy atom. The van der Waals surface area contributed by atoms with Crippen LogP contribution in [0.5, 0.6) is 0 Å². The minimum Gasteiger partial charge on any atom is -0.351 e. The van der Waals surface area contributed by atoms with Gasteiger partial charge in [-0.05, 0) is 38.6 Å². The van der Waals surface area contributed by atoms with Gasteiger partial charge in [-0.25, -0.2) is 4.39 Å². The number of nitrogens with one attached hydrogen (secondary N) is 1. The minimum absolute atomic E-state index is 0.185. The third-order valence-electron chi connectivity index (χ3n) is 3.30. The molecule has 0 aliphatic heterocycles. The average Bonchev–Trinajstić information content (AvgIpc) is 2.40. The third-order valence-corrected chi connectivity index (χ3v) is 3.64. The molecule has 3 nitrogen and oxygen atoms in total. The zero-order valence-electron chi connectivity index (χ0n) is 11.6. The number of amides is 1. The maximum absolute atomic E-state index is 13.0. The molecule has 5 heteroatoms. The maximum Gasteiger partial charge on any atom is 0.251 e. The van der Waals surface area contributed by atoms with Crippen molar-refractivity contribution in [1.82, 2.24) is 10.2 Å². The second-order valence-electron chi connectivity index (χ2n) is 4.66. The Balaban J connectivity index is 2.45. The molecule has 1 rings (SSSR count). The first kappa shape index (κ1) is 16.0. The fourth-order valence-electron chi connectivity index (χ4n) is 1.63. The molecule has 1 unspecified atom stereocenters. The van der Waals surface area contributed by atoms with Crippen LogP contribution in [0, 0.1) is 5.82 Å². The predicted octanol–water partition coefficient (Wildman–Crippen LogP) is 2.57. The van der Waals surface area contributed by atoms with Crippen LogP contribution in [0.2, 0.25) is 0 Å². The van der Waals surface area contributed by atoms with Crippen molar-refractivity contribution in [3.63, 3.8) is 0 Å². The highest BCUT2D eigenvalue weighted by atomic mass is 32.1. The first-order valence-electron chi connectivity index (χ1n) is 6.42. The normalized spacial score (nSPS) is 12.5. The van der Waals surface area contributed by atoms with Gasteiger partial charge in [-0.15, -0.1) is 12.6 Å². The van der Waals surface area contributed by atoms with Crippen LogP contribution in [0.3, 0.4) is 0 Å². The number of benzene rings is 1. The number of likely N-dealkylation sites (N-methyl/N-ethyl adjacent to an activating group) is 1. The number of carbonyl (C=O) groups is 1. The minimum atomic E-state index is -0.420. The summed E-state index contributed by atoms with van der Waals surface area (Å²) in [7, 11) is 2.03. The number of halogens is 1. The Labute approximate surface area is 119 Å². The number of thiol groups is 1. The van der Waals surface area contributed by atoms with Crippen LogP contribution in [0.1, 0.15) is 30.6 Å². The lowest BCUT2D eigenvalue weighted by atomic mass is 10.2. The van der Waals surface area contributed by atoms with E-state index < -0.39 is 5.82 Å². The van der Waals surface area contributed by atoms with Crippen LogP contribution in [0.15, 0.2) is 23.1 Å². The highest BCUT2D eigenvalue weighted by Gasteiger charge is 2.09. The van der Waals surface area contributed by atoms with E-state index in [1.54, 1.807) is 0 Å². The Hall–Kier alpha value is -1.07. The molecule has 106 valence electrons. The van der Waals surface area contributed by atoms with Gasteiger partial charge in [-0.1, -0.05) is 6.92 Å². The quantitative estimate of drug-likeness (QED) is 0.787. The summed E-state index contributed by atoms with van der Waals surface area (Å²) in [6, 6.07) is 4.64. The second kappa shape index (κ2) is 7.50. The zero-order valence-corrected chi connectivity index (χ0v) is 12.5. The molecule has 0 aliphatic rings. The van der Waals surface area contributed by atoms with Crippen LogP contribution in [0.4, 0.5) is 4.39 Å². The Kier molecular flexibility index (Phi) is 6.31. The van der Waals surface area contributed by atoms with Crippen LogP contribution < -0.4 is 5.32 Å². The number of carbonyl (C=O) groups excluding carboxylic acids is 1. The molecule has 0 bridgehead atoms. The first-order valence-corrected chi connectivity index (χ1v) is 6.87. The topological polar surface area (TPSA) is 32.3 Å². The number of nitrogens with zero attached hydrogens (tertiary/aromatic N) is 1. The first-order chi connectivity index (χ1) is 8.95. The van der Waals surface area contributed by atoms with Crippen LogP contribution in [0.25, 0.3) is 0 Å². The van der Waals surface area contributed by atoms with Crippen LogP contribution in [-0.2, 0) is 0 Å². The zero-order chi connectivity index (χ0) is 14.4. The van der Waals surface area contributed by atoms with Crippen molar-refractivity contribution in [2.75, 3.05) is 20.1 Å². The fourth-order valence-corrected chi connectivity index (χ4v) is 1.85. The summed E-state index contributed by atoms with van der Waals surface area (Å²) >= 11 is 3.96. The molecule has 0 saturated heterocycles. The number of hydrogen-bond donors (Lipinski definition) is 2. The van der Waals surface area contributed by atoms with Gasteiger partial charge in [0.1, 0.15) is 5.82 Å². The molecule has 0 heterocycles. The van der Waals surface area contributed by atoms with Gasteiger partial charge in [0.2, 0.25) is 0 Å². The summed E-state index contributed by atoms with van der Waals surface area (Å²) in [5.74, 6) is -0.621. The van der Waals surface area contributed by atoms with E-state index in [0.717, 1.165) is 13.0 Å². The van der Waals surface area contributed by atoms with Crippen molar-refractivity contribution in [3.8, 4) is 0 Å². The van der Waals surface area contributed by atoms with Gasteiger partial charge in [-0.3, -0.25) is 4.79 Å². The molecular formula is C14H21FN2OS. The van der Waals surface area contributed by atoms with E-state index in [1.807, 2.05) is 7.05 Å². The Morgan fingerprint density at radius 3 is 2.79 bits per heavy atom. The Bertz CT molecular complexity index is 439. The molecule has 1 aromatic rings. The van der Waals surface area contributed by atoms with Gasteiger partial charge in [0.05, 0.1) is 0 Å². The standard InChI is InChI=1S/C14H21FN2OS/c1-4-10(2)17(3)8-7-16-14(18)11-5-6-12(15)13(19)9-11/h5-6,9-10,19H,4,7-8H2,1-3H3,(H,16,18). The second-order valence-corrected chi connectivity index (χ2v) is 5.14. The molecule has 0 fully saturated rings. The van der Waals surface area contributed by atoms with Gasteiger partial charge in [-0.2, -0.15) is 0 Å². The van der Waals surface area contributed by atoms with E-state index in [2.05, 4.69) is 36.7 Å². The maximum atomic E-state index is 13.0. The van der Waals surface area contributed by atoms with Crippen molar-refractivity contribution in [2.24, 2.45) is 0 Å². The predicted molar refractivity (Wildman–Crippen MR) is 78.4 cm³/mol. The van der Waals surface area contributed by atoms with Crippen molar-refractivity contribution >= 4 is 18.5 Å². The molecule has 1 atom stereocenters. The van der Waals surface area contributed by atoms with Crippen LogP contribution in [-0.4, -0.2) is 37.0 Å². The molecule has 1 N–H and O–H groups in total. The van der Waals surface area contributed by atoms with Crippen molar-refractivity contribution in [1.29, 1.82) is 0 Å². The lowest BCUT2D eigenvalue weighted by molar-refractivity contribution is 0.0947. The van der Waals surface area contributed by atoms with Crippen LogP contribution >= 0.6 is 12.6 Å². The number of hydrogen-bond acceptors (Lipinski definition) is 3. The summed E-state index contributed by atoms with van der Waals surface area (Å²) in [5.41, 5.74) is 0.428. The largest absolute Gasteiger partial charge is 0.351 e.